The maximum atomic E-state index is 13.4. The number of hydrogen-bond acceptors (Lipinski definition) is 1. The Morgan fingerprint density at radius 3 is 2.06 bits per heavy atom. The Bertz CT molecular complexity index is 1230. The second-order valence-corrected chi connectivity index (χ2v) is 9.75. The molecule has 1 fully saturated rings. The summed E-state index contributed by atoms with van der Waals surface area (Å²) in [5.41, 5.74) is 8.78. The molecule has 0 radical (unpaired) electrons. The number of nitrogens with zero attached hydrogens (tertiary/aromatic N) is 2. The van der Waals surface area contributed by atoms with Gasteiger partial charge in [0.05, 0.1) is 6.54 Å². The van der Waals surface area contributed by atoms with Crippen molar-refractivity contribution >= 4 is 5.91 Å². The van der Waals surface area contributed by atoms with Gasteiger partial charge in [-0.25, -0.2) is 9.13 Å². The molecule has 0 aliphatic heterocycles. The number of primary amides is 1. The molecule has 1 saturated carbocycles. The lowest BCUT2D eigenvalue weighted by molar-refractivity contribution is -0.702. The first-order valence-corrected chi connectivity index (χ1v) is 12.6. The molecule has 3 aromatic carbocycles. The zero-order chi connectivity index (χ0) is 24.3. The van der Waals surface area contributed by atoms with Crippen molar-refractivity contribution in [1.82, 2.24) is 4.57 Å². The smallest absolute Gasteiger partial charge is 0.253 e. The molecule has 2 N–H and O–H groups in total. The van der Waals surface area contributed by atoms with Crippen molar-refractivity contribution in [3.8, 4) is 0 Å². The van der Waals surface area contributed by atoms with Crippen LogP contribution in [0.2, 0.25) is 0 Å². The first-order valence-electron chi connectivity index (χ1n) is 12.6. The van der Waals surface area contributed by atoms with E-state index >= 15 is 0 Å². The van der Waals surface area contributed by atoms with Gasteiger partial charge in [0.2, 0.25) is 5.91 Å². The maximum Gasteiger partial charge on any atom is 0.253 e. The van der Waals surface area contributed by atoms with Gasteiger partial charge in [0.15, 0.2) is 0 Å². The van der Waals surface area contributed by atoms with E-state index < -0.39 is 5.41 Å². The Hall–Kier alpha value is -3.66. The number of nitrogens with two attached hydrogens (primary N) is 1. The van der Waals surface area contributed by atoms with E-state index in [0.717, 1.165) is 43.4 Å². The molecule has 1 aliphatic carbocycles. The van der Waals surface area contributed by atoms with Gasteiger partial charge >= 0.3 is 0 Å². The summed E-state index contributed by atoms with van der Waals surface area (Å²) in [4.78, 5) is 13.4. The predicted molar refractivity (Wildman–Crippen MR) is 139 cm³/mol. The van der Waals surface area contributed by atoms with Crippen LogP contribution in [0.4, 0.5) is 0 Å². The third kappa shape index (κ3) is 4.29. The minimum atomic E-state index is -0.832. The summed E-state index contributed by atoms with van der Waals surface area (Å²) >= 11 is 0. The number of amides is 1. The van der Waals surface area contributed by atoms with Crippen LogP contribution in [0.3, 0.4) is 0 Å². The highest BCUT2D eigenvalue weighted by Crippen LogP contribution is 2.49. The van der Waals surface area contributed by atoms with E-state index in [4.69, 9.17) is 5.73 Å². The number of imidazole rings is 1. The zero-order valence-electron chi connectivity index (χ0n) is 20.4. The van der Waals surface area contributed by atoms with Crippen LogP contribution in [-0.4, -0.2) is 10.5 Å². The minimum Gasteiger partial charge on any atom is -0.369 e. The Balaban J connectivity index is 1.43. The van der Waals surface area contributed by atoms with Gasteiger partial charge in [-0.3, -0.25) is 4.79 Å². The normalized spacial score (nSPS) is 18.0. The summed E-state index contributed by atoms with van der Waals surface area (Å²) in [6.07, 6.45) is 8.33. The fourth-order valence-electron chi connectivity index (χ4n) is 6.16. The van der Waals surface area contributed by atoms with Gasteiger partial charge in [-0.1, -0.05) is 91.0 Å². The van der Waals surface area contributed by atoms with Gasteiger partial charge in [0, 0.05) is 13.3 Å². The summed E-state index contributed by atoms with van der Waals surface area (Å²) in [5, 5.41) is 0. The summed E-state index contributed by atoms with van der Waals surface area (Å²) < 4.78 is 4.75. The zero-order valence-corrected chi connectivity index (χ0v) is 20.4. The Kier molecular flexibility index (Phi) is 6.54. The van der Waals surface area contributed by atoms with Gasteiger partial charge in [-0.05, 0) is 41.9 Å². The van der Waals surface area contributed by atoms with Crippen molar-refractivity contribution < 1.29 is 9.36 Å². The van der Waals surface area contributed by atoms with Crippen LogP contribution in [0.15, 0.2) is 103 Å². The SMILES string of the molecule is Cc1n([C@@H]2CC[C@@H](C(C(N)=O)(c3ccccc3)c3ccccc3)C2)cc[n+]1CCc1ccccc1. The summed E-state index contributed by atoms with van der Waals surface area (Å²) in [7, 11) is 0. The number of aromatic nitrogens is 2. The molecule has 1 heterocycles. The number of carbonyl (C=O) groups excluding carboxylic acids is 1. The molecule has 0 saturated heterocycles. The standard InChI is InChI=1S/C31H33N3O/c1-24-33(20-19-25-11-5-2-6-12-25)21-22-34(24)29-18-17-28(23-29)31(30(32)35,26-13-7-3-8-14-26)27-15-9-4-10-16-27/h2-16,21-22,28-29H,17-20,23H2,1H3,(H-,32,35)/p+1/t28-,29-/m1/s1. The quantitative estimate of drug-likeness (QED) is 0.361. The molecule has 1 aromatic heterocycles. The first kappa shape index (κ1) is 23.1. The van der Waals surface area contributed by atoms with Crippen molar-refractivity contribution in [2.45, 2.75) is 50.6 Å². The Morgan fingerprint density at radius 1 is 0.914 bits per heavy atom. The monoisotopic (exact) mass is 464 g/mol. The molecular formula is C31H34N3O+. The van der Waals surface area contributed by atoms with E-state index in [-0.39, 0.29) is 11.8 Å². The van der Waals surface area contributed by atoms with Crippen LogP contribution >= 0.6 is 0 Å². The van der Waals surface area contributed by atoms with E-state index in [9.17, 15) is 4.79 Å². The fraction of sp³-hybridized carbons (Fsp3) is 0.290. The largest absolute Gasteiger partial charge is 0.369 e. The molecule has 1 amide bonds. The molecule has 178 valence electrons. The van der Waals surface area contributed by atoms with Gasteiger partial charge in [0.25, 0.3) is 5.82 Å². The highest BCUT2D eigenvalue weighted by molar-refractivity contribution is 5.91. The van der Waals surface area contributed by atoms with Gasteiger partial charge in [-0.2, -0.15) is 0 Å². The molecule has 0 spiro atoms. The second-order valence-electron chi connectivity index (χ2n) is 9.75. The lowest BCUT2D eigenvalue weighted by Gasteiger charge is -2.37. The third-order valence-corrected chi connectivity index (χ3v) is 7.94. The van der Waals surface area contributed by atoms with Gasteiger partial charge in [0.1, 0.15) is 23.9 Å². The van der Waals surface area contributed by atoms with Crippen LogP contribution in [0, 0.1) is 12.8 Å². The van der Waals surface area contributed by atoms with Gasteiger partial charge < -0.3 is 5.73 Å². The molecule has 35 heavy (non-hydrogen) atoms. The lowest BCUT2D eigenvalue weighted by atomic mass is 9.64. The van der Waals surface area contributed by atoms with Crippen LogP contribution in [0.1, 0.15) is 47.8 Å². The highest BCUT2D eigenvalue weighted by Gasteiger charge is 2.51. The summed E-state index contributed by atoms with van der Waals surface area (Å²) in [6.45, 7) is 3.16. The number of benzene rings is 3. The van der Waals surface area contributed by atoms with Gasteiger partial charge in [-0.15, -0.1) is 0 Å². The molecule has 4 aromatic rings. The third-order valence-electron chi connectivity index (χ3n) is 7.94. The molecule has 0 bridgehead atoms. The lowest BCUT2D eigenvalue weighted by Crippen LogP contribution is -2.47. The van der Waals surface area contributed by atoms with E-state index in [2.05, 4.69) is 83.0 Å². The maximum absolute atomic E-state index is 13.4. The molecule has 1 aliphatic rings. The topological polar surface area (TPSA) is 51.9 Å². The van der Waals surface area contributed by atoms with Crippen molar-refractivity contribution in [3.63, 3.8) is 0 Å². The van der Waals surface area contributed by atoms with E-state index in [1.807, 2.05) is 36.4 Å². The molecule has 0 unspecified atom stereocenters. The molecule has 5 rings (SSSR count). The van der Waals surface area contributed by atoms with Crippen LogP contribution in [-0.2, 0) is 23.2 Å². The van der Waals surface area contributed by atoms with E-state index in [1.54, 1.807) is 0 Å². The van der Waals surface area contributed by atoms with E-state index in [1.165, 1.54) is 11.4 Å². The average molecular weight is 465 g/mol. The number of hydrogen-bond donors (Lipinski definition) is 1. The van der Waals surface area contributed by atoms with Crippen molar-refractivity contribution in [2.75, 3.05) is 0 Å². The van der Waals surface area contributed by atoms with Crippen molar-refractivity contribution in [3.05, 3.63) is 126 Å². The van der Waals surface area contributed by atoms with Crippen LogP contribution in [0.25, 0.3) is 0 Å². The Morgan fingerprint density at radius 2 is 1.49 bits per heavy atom. The van der Waals surface area contributed by atoms with Crippen molar-refractivity contribution in [1.29, 1.82) is 0 Å². The highest BCUT2D eigenvalue weighted by atomic mass is 16.1. The summed E-state index contributed by atoms with van der Waals surface area (Å²) in [5.74, 6) is 1.13. The van der Waals surface area contributed by atoms with Crippen LogP contribution in [0.5, 0.6) is 0 Å². The molecular weight excluding hydrogens is 430 g/mol. The predicted octanol–water partition coefficient (Wildman–Crippen LogP) is 5.14. The number of aryl methyl sites for hydroxylation is 2. The second kappa shape index (κ2) is 9.91. The van der Waals surface area contributed by atoms with Crippen LogP contribution < -0.4 is 10.3 Å². The average Bonchev–Trinajstić information content (AvgIpc) is 3.52. The van der Waals surface area contributed by atoms with E-state index in [0.29, 0.717) is 6.04 Å². The Labute approximate surface area is 208 Å². The minimum absolute atomic E-state index is 0.134. The summed E-state index contributed by atoms with van der Waals surface area (Å²) in [6, 6.07) is 31.2. The van der Waals surface area contributed by atoms with Crippen molar-refractivity contribution in [2.24, 2.45) is 11.7 Å². The number of rotatable bonds is 8. The molecule has 4 heteroatoms. The molecule has 2 atom stereocenters. The molecule has 4 nitrogen and oxygen atoms in total. The number of carbonyl (C=O) groups is 1. The fourth-order valence-corrected chi connectivity index (χ4v) is 6.16. The first-order chi connectivity index (χ1) is 17.1.